The van der Waals surface area contributed by atoms with Crippen LogP contribution in [0.2, 0.25) is 0 Å². The Morgan fingerprint density at radius 2 is 1.84 bits per heavy atom. The van der Waals surface area contributed by atoms with Crippen molar-refractivity contribution in [1.29, 1.82) is 0 Å². The van der Waals surface area contributed by atoms with Gasteiger partial charge in [-0.2, -0.15) is 0 Å². The first-order valence-corrected chi connectivity index (χ1v) is 10.8. The van der Waals surface area contributed by atoms with E-state index < -0.39 is 0 Å². The van der Waals surface area contributed by atoms with E-state index in [9.17, 15) is 4.79 Å². The molecule has 0 spiro atoms. The van der Waals surface area contributed by atoms with Gasteiger partial charge in [-0.25, -0.2) is 0 Å². The highest BCUT2D eigenvalue weighted by atomic mass is 16.5. The average molecular weight is 429 g/mol. The molecule has 0 fully saturated rings. The van der Waals surface area contributed by atoms with E-state index in [2.05, 4.69) is 44.9 Å². The van der Waals surface area contributed by atoms with Crippen molar-refractivity contribution in [2.24, 2.45) is 0 Å². The SMILES string of the molecule is COc1ccc(C(CNC(=O)CNC(C)c2ccccn2)c2c[nH]c3ccccc23)cc1. The number of fused-ring (bicyclic) bond motifs is 1. The van der Waals surface area contributed by atoms with Gasteiger partial charge in [0.25, 0.3) is 0 Å². The number of H-pyrrole nitrogens is 1. The second-order valence-electron chi connectivity index (χ2n) is 7.78. The van der Waals surface area contributed by atoms with E-state index in [-0.39, 0.29) is 24.4 Å². The van der Waals surface area contributed by atoms with Crippen molar-refractivity contribution in [3.05, 3.63) is 95.9 Å². The molecule has 0 saturated heterocycles. The zero-order valence-electron chi connectivity index (χ0n) is 18.3. The number of rotatable bonds is 9. The Hall–Kier alpha value is -3.64. The lowest BCUT2D eigenvalue weighted by Gasteiger charge is -2.19. The number of para-hydroxylation sites is 1. The van der Waals surface area contributed by atoms with Crippen LogP contribution in [0.3, 0.4) is 0 Å². The second-order valence-corrected chi connectivity index (χ2v) is 7.78. The molecule has 2 atom stereocenters. The number of aromatic nitrogens is 2. The molecule has 2 aromatic heterocycles. The molecule has 0 radical (unpaired) electrons. The molecule has 164 valence electrons. The minimum absolute atomic E-state index is 0.00653. The molecule has 3 N–H and O–H groups in total. The molecule has 2 aromatic carbocycles. The second kappa shape index (κ2) is 10.1. The van der Waals surface area contributed by atoms with E-state index in [1.165, 1.54) is 0 Å². The summed E-state index contributed by atoms with van der Waals surface area (Å²) in [4.78, 5) is 20.3. The largest absolute Gasteiger partial charge is 0.497 e. The van der Waals surface area contributed by atoms with Gasteiger partial charge in [0.15, 0.2) is 0 Å². The molecule has 0 aliphatic rings. The Morgan fingerprint density at radius 3 is 2.59 bits per heavy atom. The molecular formula is C26H28N4O2. The number of hydrogen-bond acceptors (Lipinski definition) is 4. The number of pyridine rings is 1. The predicted molar refractivity (Wildman–Crippen MR) is 127 cm³/mol. The van der Waals surface area contributed by atoms with E-state index in [0.717, 1.165) is 33.5 Å². The molecule has 0 aliphatic carbocycles. The van der Waals surface area contributed by atoms with Crippen LogP contribution < -0.4 is 15.4 Å². The first kappa shape index (κ1) is 21.6. The number of nitrogens with one attached hydrogen (secondary N) is 3. The number of carbonyl (C=O) groups excluding carboxylic acids is 1. The first-order valence-electron chi connectivity index (χ1n) is 10.8. The van der Waals surface area contributed by atoms with E-state index in [1.807, 2.05) is 55.6 Å². The van der Waals surface area contributed by atoms with Crippen LogP contribution in [-0.2, 0) is 4.79 Å². The summed E-state index contributed by atoms with van der Waals surface area (Å²) in [6, 6.07) is 22.0. The highest BCUT2D eigenvalue weighted by Gasteiger charge is 2.19. The molecule has 1 amide bonds. The highest BCUT2D eigenvalue weighted by molar-refractivity contribution is 5.84. The highest BCUT2D eigenvalue weighted by Crippen LogP contribution is 2.31. The van der Waals surface area contributed by atoms with Gasteiger partial charge in [0.05, 0.1) is 19.3 Å². The zero-order valence-corrected chi connectivity index (χ0v) is 18.3. The van der Waals surface area contributed by atoms with Gasteiger partial charge >= 0.3 is 0 Å². The fraction of sp³-hybridized carbons (Fsp3) is 0.231. The van der Waals surface area contributed by atoms with E-state index >= 15 is 0 Å². The fourth-order valence-corrected chi connectivity index (χ4v) is 3.89. The van der Waals surface area contributed by atoms with Crippen LogP contribution in [0, 0.1) is 0 Å². The molecule has 2 heterocycles. The topological polar surface area (TPSA) is 79.0 Å². The zero-order chi connectivity index (χ0) is 22.3. The lowest BCUT2D eigenvalue weighted by atomic mass is 9.90. The van der Waals surface area contributed by atoms with Crippen molar-refractivity contribution in [1.82, 2.24) is 20.6 Å². The Bertz CT molecular complexity index is 1160. The van der Waals surface area contributed by atoms with Gasteiger partial charge in [0.2, 0.25) is 5.91 Å². The van der Waals surface area contributed by atoms with Crippen molar-refractivity contribution < 1.29 is 9.53 Å². The summed E-state index contributed by atoms with van der Waals surface area (Å²) in [5.41, 5.74) is 4.26. The number of amides is 1. The average Bonchev–Trinajstić information content (AvgIpc) is 3.27. The lowest BCUT2D eigenvalue weighted by Crippen LogP contribution is -2.37. The molecule has 6 heteroatoms. The molecule has 4 rings (SSSR count). The summed E-state index contributed by atoms with van der Waals surface area (Å²) >= 11 is 0. The maximum absolute atomic E-state index is 12.6. The normalized spacial score (nSPS) is 12.9. The van der Waals surface area contributed by atoms with Crippen LogP contribution >= 0.6 is 0 Å². The van der Waals surface area contributed by atoms with Crippen molar-refractivity contribution >= 4 is 16.8 Å². The van der Waals surface area contributed by atoms with Crippen molar-refractivity contribution in [2.75, 3.05) is 20.2 Å². The monoisotopic (exact) mass is 428 g/mol. The predicted octanol–water partition coefficient (Wildman–Crippen LogP) is 4.17. The van der Waals surface area contributed by atoms with Crippen LogP contribution in [-0.4, -0.2) is 36.1 Å². The molecule has 0 aliphatic heterocycles. The van der Waals surface area contributed by atoms with Crippen LogP contribution in [0.4, 0.5) is 0 Å². The molecule has 0 saturated carbocycles. The molecule has 32 heavy (non-hydrogen) atoms. The van der Waals surface area contributed by atoms with Crippen molar-refractivity contribution in [3.63, 3.8) is 0 Å². The fourth-order valence-electron chi connectivity index (χ4n) is 3.89. The van der Waals surface area contributed by atoms with Gasteiger partial charge in [0, 0.05) is 41.8 Å². The molecule has 0 bridgehead atoms. The molecule has 4 aromatic rings. The summed E-state index contributed by atoms with van der Waals surface area (Å²) in [6.45, 7) is 2.72. The Labute approximate surface area is 188 Å². The smallest absolute Gasteiger partial charge is 0.234 e. The van der Waals surface area contributed by atoms with Crippen molar-refractivity contribution in [2.45, 2.75) is 18.9 Å². The Balaban J connectivity index is 1.47. The third-order valence-corrected chi connectivity index (χ3v) is 5.72. The van der Waals surface area contributed by atoms with E-state index in [0.29, 0.717) is 6.54 Å². The molecular weight excluding hydrogens is 400 g/mol. The Morgan fingerprint density at radius 1 is 1.06 bits per heavy atom. The van der Waals surface area contributed by atoms with Gasteiger partial charge in [-0.15, -0.1) is 0 Å². The van der Waals surface area contributed by atoms with Crippen LogP contribution in [0.1, 0.15) is 35.7 Å². The molecule has 6 nitrogen and oxygen atoms in total. The summed E-state index contributed by atoms with van der Waals surface area (Å²) in [5.74, 6) is 0.767. The minimum Gasteiger partial charge on any atom is -0.497 e. The van der Waals surface area contributed by atoms with Gasteiger partial charge in [-0.05, 0) is 48.4 Å². The summed E-state index contributed by atoms with van der Waals surface area (Å²) in [6.07, 6.45) is 3.79. The molecule has 2 unspecified atom stereocenters. The number of carbonyl (C=O) groups is 1. The van der Waals surface area contributed by atoms with Gasteiger partial charge in [-0.3, -0.25) is 9.78 Å². The number of nitrogens with zero attached hydrogens (tertiary/aromatic N) is 1. The summed E-state index contributed by atoms with van der Waals surface area (Å²) in [7, 11) is 1.66. The van der Waals surface area contributed by atoms with E-state index in [4.69, 9.17) is 4.74 Å². The Kier molecular flexibility index (Phi) is 6.82. The maximum Gasteiger partial charge on any atom is 0.234 e. The number of hydrogen-bond donors (Lipinski definition) is 3. The van der Waals surface area contributed by atoms with Crippen molar-refractivity contribution in [3.8, 4) is 5.75 Å². The number of aromatic amines is 1. The van der Waals surface area contributed by atoms with Crippen LogP contribution in [0.5, 0.6) is 5.75 Å². The minimum atomic E-state index is -0.0499. The number of methoxy groups -OCH3 is 1. The maximum atomic E-state index is 12.6. The van der Waals surface area contributed by atoms with Gasteiger partial charge in [-0.1, -0.05) is 36.4 Å². The quantitative estimate of drug-likeness (QED) is 0.374. The number of benzene rings is 2. The van der Waals surface area contributed by atoms with Gasteiger partial charge in [0.1, 0.15) is 5.75 Å². The number of ether oxygens (including phenoxy) is 1. The van der Waals surface area contributed by atoms with Gasteiger partial charge < -0.3 is 20.4 Å². The third kappa shape index (κ3) is 4.98. The van der Waals surface area contributed by atoms with Crippen LogP contribution in [0.25, 0.3) is 10.9 Å². The standard InChI is InChI=1S/C26H28N4O2/c1-18(24-8-5-6-14-27-24)28-17-26(31)30-15-22(19-10-12-20(32-2)13-11-19)23-16-29-25-9-4-3-7-21(23)25/h3-14,16,18,22,28-29H,15,17H2,1-2H3,(H,30,31). The van der Waals surface area contributed by atoms with E-state index in [1.54, 1.807) is 13.3 Å². The summed E-state index contributed by atoms with van der Waals surface area (Å²) in [5, 5.41) is 7.50. The summed E-state index contributed by atoms with van der Waals surface area (Å²) < 4.78 is 5.31. The first-order chi connectivity index (χ1) is 15.7. The third-order valence-electron chi connectivity index (χ3n) is 5.72. The lowest BCUT2D eigenvalue weighted by molar-refractivity contribution is -0.120. The van der Waals surface area contributed by atoms with Crippen LogP contribution in [0.15, 0.2) is 79.1 Å².